The Bertz CT molecular complexity index is 1470. The van der Waals surface area contributed by atoms with Gasteiger partial charge in [0.05, 0.1) is 42.1 Å². The number of anilines is 1. The number of aromatic nitrogens is 5. The van der Waals surface area contributed by atoms with Crippen LogP contribution in [0, 0.1) is 13.8 Å². The summed E-state index contributed by atoms with van der Waals surface area (Å²) in [5.74, 6) is -0.0785. The predicted octanol–water partition coefficient (Wildman–Crippen LogP) is 4.92. The van der Waals surface area contributed by atoms with Crippen LogP contribution in [0.1, 0.15) is 16.7 Å². The zero-order valence-electron chi connectivity index (χ0n) is 19.0. The van der Waals surface area contributed by atoms with Crippen LogP contribution in [0.4, 0.5) is 5.69 Å². The molecule has 0 aliphatic rings. The summed E-state index contributed by atoms with van der Waals surface area (Å²) in [5.41, 5.74) is 7.49. The molecule has 7 nitrogen and oxygen atoms in total. The van der Waals surface area contributed by atoms with Crippen LogP contribution in [0.2, 0.25) is 0 Å². The molecule has 1 amide bonds. The van der Waals surface area contributed by atoms with E-state index in [1.54, 1.807) is 21.8 Å². The van der Waals surface area contributed by atoms with Gasteiger partial charge in [0.2, 0.25) is 5.91 Å². The zero-order chi connectivity index (χ0) is 23.5. The molecular weight excluding hydrogens is 424 g/mol. The van der Waals surface area contributed by atoms with Crippen molar-refractivity contribution in [2.75, 3.05) is 5.32 Å². The normalized spacial score (nSPS) is 10.9. The van der Waals surface area contributed by atoms with Gasteiger partial charge in [-0.15, -0.1) is 5.10 Å². The quantitative estimate of drug-likeness (QED) is 0.400. The van der Waals surface area contributed by atoms with Crippen molar-refractivity contribution in [3.8, 4) is 22.6 Å². The second kappa shape index (κ2) is 9.15. The highest BCUT2D eigenvalue weighted by molar-refractivity contribution is 5.92. The molecule has 2 aromatic heterocycles. The molecule has 0 aliphatic carbocycles. The highest BCUT2D eigenvalue weighted by atomic mass is 16.1. The average molecular weight is 449 g/mol. The van der Waals surface area contributed by atoms with Crippen LogP contribution >= 0.6 is 0 Å². The van der Waals surface area contributed by atoms with Crippen LogP contribution in [0.25, 0.3) is 22.6 Å². The standard InChI is InChI=1S/C27H24N6O/c1-19-6-3-8-21(12-19)14-27(34)29-23-16-28-32(17-23)24-10-5-11-25(15-24)33-18-26(30-31-33)22-9-4-7-20(2)13-22/h3-13,15-18H,14H2,1-2H3,(H,29,34). The molecule has 34 heavy (non-hydrogen) atoms. The van der Waals surface area contributed by atoms with Crippen molar-refractivity contribution < 1.29 is 4.79 Å². The fourth-order valence-corrected chi connectivity index (χ4v) is 3.85. The summed E-state index contributed by atoms with van der Waals surface area (Å²) in [4.78, 5) is 12.5. The first kappa shape index (κ1) is 21.3. The predicted molar refractivity (Wildman–Crippen MR) is 132 cm³/mol. The lowest BCUT2D eigenvalue weighted by molar-refractivity contribution is -0.115. The second-order valence-corrected chi connectivity index (χ2v) is 8.33. The van der Waals surface area contributed by atoms with Crippen LogP contribution in [0.15, 0.2) is 91.4 Å². The van der Waals surface area contributed by atoms with Gasteiger partial charge < -0.3 is 5.32 Å². The number of hydrogen-bond donors (Lipinski definition) is 1. The molecule has 0 atom stereocenters. The minimum Gasteiger partial charge on any atom is -0.323 e. The number of aryl methyl sites for hydroxylation is 2. The van der Waals surface area contributed by atoms with Crippen LogP contribution in [-0.2, 0) is 11.2 Å². The van der Waals surface area contributed by atoms with Crippen LogP contribution in [0.3, 0.4) is 0 Å². The third-order valence-electron chi connectivity index (χ3n) is 5.48. The van der Waals surface area contributed by atoms with Gasteiger partial charge in [0.25, 0.3) is 0 Å². The van der Waals surface area contributed by atoms with Crippen molar-refractivity contribution in [3.63, 3.8) is 0 Å². The second-order valence-electron chi connectivity index (χ2n) is 8.33. The Labute approximate surface area is 197 Å². The number of carbonyl (C=O) groups excluding carboxylic acids is 1. The molecule has 2 heterocycles. The van der Waals surface area contributed by atoms with Crippen LogP contribution < -0.4 is 5.32 Å². The minimum atomic E-state index is -0.0785. The summed E-state index contributed by atoms with van der Waals surface area (Å²) in [6, 6.07) is 24.0. The molecule has 0 saturated heterocycles. The maximum atomic E-state index is 12.5. The highest BCUT2D eigenvalue weighted by Gasteiger charge is 2.09. The fraction of sp³-hybridized carbons (Fsp3) is 0.111. The van der Waals surface area contributed by atoms with E-state index in [1.807, 2.05) is 73.8 Å². The van der Waals surface area contributed by atoms with E-state index in [1.165, 1.54) is 5.56 Å². The molecule has 1 N–H and O–H groups in total. The molecule has 0 saturated carbocycles. The van der Waals surface area contributed by atoms with E-state index >= 15 is 0 Å². The summed E-state index contributed by atoms with van der Waals surface area (Å²) in [5, 5.41) is 16.0. The van der Waals surface area contributed by atoms with E-state index < -0.39 is 0 Å². The van der Waals surface area contributed by atoms with E-state index in [0.717, 1.165) is 33.8 Å². The number of nitrogens with one attached hydrogen (secondary N) is 1. The molecule has 5 rings (SSSR count). The highest BCUT2D eigenvalue weighted by Crippen LogP contribution is 2.20. The molecular formula is C27H24N6O. The van der Waals surface area contributed by atoms with Gasteiger partial charge in [0, 0.05) is 5.56 Å². The van der Waals surface area contributed by atoms with Crippen molar-refractivity contribution in [3.05, 3.63) is 108 Å². The van der Waals surface area contributed by atoms with Gasteiger partial charge in [0.1, 0.15) is 5.69 Å². The lowest BCUT2D eigenvalue weighted by Crippen LogP contribution is -2.14. The summed E-state index contributed by atoms with van der Waals surface area (Å²) >= 11 is 0. The molecule has 0 bridgehead atoms. The SMILES string of the molecule is Cc1cccc(CC(=O)Nc2cnn(-c3cccc(-n4cc(-c5cccc(C)c5)nn4)c3)c2)c1. The van der Waals surface area contributed by atoms with E-state index in [-0.39, 0.29) is 5.91 Å². The number of benzene rings is 3. The molecule has 0 spiro atoms. The van der Waals surface area contributed by atoms with Crippen molar-refractivity contribution in [2.24, 2.45) is 0 Å². The molecule has 7 heteroatoms. The van der Waals surface area contributed by atoms with Gasteiger partial charge in [-0.25, -0.2) is 9.36 Å². The van der Waals surface area contributed by atoms with Crippen LogP contribution in [0.5, 0.6) is 0 Å². The molecule has 5 aromatic rings. The topological polar surface area (TPSA) is 77.6 Å². The van der Waals surface area contributed by atoms with Crippen molar-refractivity contribution in [2.45, 2.75) is 20.3 Å². The Morgan fingerprint density at radius 2 is 1.59 bits per heavy atom. The largest absolute Gasteiger partial charge is 0.323 e. The van der Waals surface area contributed by atoms with Gasteiger partial charge in [-0.05, 0) is 43.7 Å². The Kier molecular flexibility index (Phi) is 5.74. The van der Waals surface area contributed by atoms with Gasteiger partial charge in [-0.3, -0.25) is 4.79 Å². The van der Waals surface area contributed by atoms with E-state index in [2.05, 4.69) is 39.8 Å². The number of rotatable bonds is 6. The van der Waals surface area contributed by atoms with E-state index in [4.69, 9.17) is 0 Å². The molecule has 3 aromatic carbocycles. The molecule has 0 radical (unpaired) electrons. The van der Waals surface area contributed by atoms with Crippen molar-refractivity contribution in [1.82, 2.24) is 24.8 Å². The Hall–Kier alpha value is -4.52. The fourth-order valence-electron chi connectivity index (χ4n) is 3.85. The maximum absolute atomic E-state index is 12.5. The molecule has 0 unspecified atom stereocenters. The smallest absolute Gasteiger partial charge is 0.228 e. The number of amides is 1. The monoisotopic (exact) mass is 448 g/mol. The summed E-state index contributed by atoms with van der Waals surface area (Å²) in [6.07, 6.45) is 5.67. The third kappa shape index (κ3) is 4.78. The van der Waals surface area contributed by atoms with E-state index in [0.29, 0.717) is 12.1 Å². The number of hydrogen-bond acceptors (Lipinski definition) is 4. The molecule has 0 fully saturated rings. The van der Waals surface area contributed by atoms with Crippen molar-refractivity contribution >= 4 is 11.6 Å². The number of carbonyl (C=O) groups is 1. The Morgan fingerprint density at radius 3 is 2.38 bits per heavy atom. The zero-order valence-corrected chi connectivity index (χ0v) is 19.0. The Balaban J connectivity index is 1.31. The Morgan fingerprint density at radius 1 is 0.853 bits per heavy atom. The average Bonchev–Trinajstić information content (AvgIpc) is 3.49. The number of nitrogens with zero attached hydrogens (tertiary/aromatic N) is 5. The summed E-state index contributed by atoms with van der Waals surface area (Å²) in [6.45, 7) is 4.07. The molecule has 0 aliphatic heterocycles. The summed E-state index contributed by atoms with van der Waals surface area (Å²) in [7, 11) is 0. The minimum absolute atomic E-state index is 0.0785. The van der Waals surface area contributed by atoms with Gasteiger partial charge in [0.15, 0.2) is 0 Å². The lowest BCUT2D eigenvalue weighted by atomic mass is 10.1. The first-order chi connectivity index (χ1) is 16.5. The van der Waals surface area contributed by atoms with Gasteiger partial charge >= 0.3 is 0 Å². The maximum Gasteiger partial charge on any atom is 0.228 e. The first-order valence-electron chi connectivity index (χ1n) is 11.0. The first-order valence-corrected chi connectivity index (χ1v) is 11.0. The molecule has 168 valence electrons. The summed E-state index contributed by atoms with van der Waals surface area (Å²) < 4.78 is 3.47. The third-order valence-corrected chi connectivity index (χ3v) is 5.48. The van der Waals surface area contributed by atoms with Crippen molar-refractivity contribution in [1.29, 1.82) is 0 Å². The van der Waals surface area contributed by atoms with Crippen LogP contribution in [-0.4, -0.2) is 30.7 Å². The van der Waals surface area contributed by atoms with E-state index in [9.17, 15) is 4.79 Å². The lowest BCUT2D eigenvalue weighted by Gasteiger charge is -2.05. The van der Waals surface area contributed by atoms with Gasteiger partial charge in [-0.2, -0.15) is 5.10 Å². The van der Waals surface area contributed by atoms with Gasteiger partial charge in [-0.1, -0.05) is 64.9 Å².